The van der Waals surface area contributed by atoms with Crippen molar-refractivity contribution in [3.63, 3.8) is 0 Å². The van der Waals surface area contributed by atoms with E-state index in [1.807, 2.05) is 47.0 Å². The summed E-state index contributed by atoms with van der Waals surface area (Å²) in [7, 11) is 1.95. The monoisotopic (exact) mass is 338 g/mol. The third-order valence-electron chi connectivity index (χ3n) is 3.64. The number of benzene rings is 2. The highest BCUT2D eigenvalue weighted by Crippen LogP contribution is 2.18. The molecule has 0 unspecified atom stereocenters. The van der Waals surface area contributed by atoms with Gasteiger partial charge >= 0.3 is 5.97 Å². The first-order valence-corrected chi connectivity index (χ1v) is 7.58. The molecule has 0 aliphatic heterocycles. The Morgan fingerprint density at radius 1 is 1.16 bits per heavy atom. The summed E-state index contributed by atoms with van der Waals surface area (Å²) in [6.07, 6.45) is 5.89. The molecular weight excluding hydrogens is 322 g/mol. The van der Waals surface area contributed by atoms with E-state index in [2.05, 4.69) is 0 Å². The number of ether oxygens (including phenoxy) is 1. The van der Waals surface area contributed by atoms with Crippen molar-refractivity contribution in [2.24, 2.45) is 7.05 Å². The Labute approximate surface area is 143 Å². The van der Waals surface area contributed by atoms with Crippen LogP contribution in [0.2, 0.25) is 0 Å². The van der Waals surface area contributed by atoms with E-state index >= 15 is 0 Å². The molecule has 7 nitrogen and oxygen atoms in total. The summed E-state index contributed by atoms with van der Waals surface area (Å²) < 4.78 is 9.21. The molecule has 0 atom stereocenters. The first-order chi connectivity index (χ1) is 12.0. The maximum Gasteiger partial charge on any atom is 0.343 e. The lowest BCUT2D eigenvalue weighted by atomic mass is 10.1. The lowest BCUT2D eigenvalue weighted by Crippen LogP contribution is -2.23. The van der Waals surface area contributed by atoms with E-state index in [0.29, 0.717) is 12.1 Å². The highest BCUT2D eigenvalue weighted by Gasteiger charge is 2.11. The van der Waals surface area contributed by atoms with Crippen LogP contribution in [0.25, 0.3) is 0 Å². The van der Waals surface area contributed by atoms with Crippen molar-refractivity contribution in [2.75, 3.05) is 0 Å². The van der Waals surface area contributed by atoms with Gasteiger partial charge in [0.2, 0.25) is 6.33 Å². The van der Waals surface area contributed by atoms with Gasteiger partial charge in [-0.05, 0) is 29.8 Å². The van der Waals surface area contributed by atoms with E-state index in [-0.39, 0.29) is 11.4 Å². The zero-order valence-electron chi connectivity index (χ0n) is 13.5. The van der Waals surface area contributed by atoms with Gasteiger partial charge in [0.25, 0.3) is 5.69 Å². The van der Waals surface area contributed by atoms with Gasteiger partial charge in [0.1, 0.15) is 24.7 Å². The highest BCUT2D eigenvalue weighted by molar-refractivity contribution is 5.91. The second kappa shape index (κ2) is 6.96. The van der Waals surface area contributed by atoms with E-state index in [1.54, 1.807) is 12.1 Å². The molecule has 7 heteroatoms. The Balaban J connectivity index is 1.65. The highest BCUT2D eigenvalue weighted by atomic mass is 16.6. The largest absolute Gasteiger partial charge is 0.423 e. The van der Waals surface area contributed by atoms with Gasteiger partial charge in [-0.1, -0.05) is 12.1 Å². The molecule has 126 valence electrons. The Morgan fingerprint density at radius 3 is 2.40 bits per heavy atom. The van der Waals surface area contributed by atoms with Gasteiger partial charge in [0, 0.05) is 12.1 Å². The molecule has 0 saturated carbocycles. The second-order valence-electron chi connectivity index (χ2n) is 5.59. The van der Waals surface area contributed by atoms with E-state index in [9.17, 15) is 14.9 Å². The third-order valence-corrected chi connectivity index (χ3v) is 3.64. The molecular formula is C18H16N3O4+. The molecule has 3 aromatic rings. The summed E-state index contributed by atoms with van der Waals surface area (Å²) >= 11 is 0. The Kier molecular flexibility index (Phi) is 4.56. The number of nitro benzene ring substituents is 1. The van der Waals surface area contributed by atoms with Crippen LogP contribution >= 0.6 is 0 Å². The van der Waals surface area contributed by atoms with Crippen LogP contribution < -0.4 is 9.30 Å². The predicted octanol–water partition coefficient (Wildman–Crippen LogP) is 2.49. The summed E-state index contributed by atoms with van der Waals surface area (Å²) in [6, 6.07) is 12.5. The van der Waals surface area contributed by atoms with Crippen molar-refractivity contribution in [3.05, 3.63) is 88.5 Å². The molecule has 2 aromatic carbocycles. The summed E-state index contributed by atoms with van der Waals surface area (Å²) in [5.41, 5.74) is 1.42. The number of carbonyl (C=O) groups excluding carboxylic acids is 1. The number of aryl methyl sites for hydroxylation is 1. The van der Waals surface area contributed by atoms with Crippen LogP contribution in [0, 0.1) is 10.1 Å². The Hall–Kier alpha value is -3.48. The zero-order chi connectivity index (χ0) is 17.8. The number of non-ortho nitro benzene ring substituents is 1. The van der Waals surface area contributed by atoms with Crippen LogP contribution in [-0.4, -0.2) is 15.5 Å². The van der Waals surface area contributed by atoms with Gasteiger partial charge in [0.05, 0.1) is 17.5 Å². The first-order valence-electron chi connectivity index (χ1n) is 7.58. The molecule has 0 aliphatic rings. The van der Waals surface area contributed by atoms with Crippen molar-refractivity contribution >= 4 is 11.7 Å². The molecule has 0 bridgehead atoms. The van der Waals surface area contributed by atoms with Crippen molar-refractivity contribution < 1.29 is 19.0 Å². The summed E-state index contributed by atoms with van der Waals surface area (Å²) in [5, 5.41) is 10.6. The number of hydrogen-bond acceptors (Lipinski definition) is 4. The number of aromatic nitrogens is 2. The standard InChI is InChI=1S/C18H16N3O4/c1-19-10-11-20(13-19)12-14-2-4-15(5-3-14)18(22)25-17-8-6-16(7-9-17)21(23)24/h2-11,13H,12H2,1H3/q+1. The molecule has 25 heavy (non-hydrogen) atoms. The van der Waals surface area contributed by atoms with E-state index in [1.165, 1.54) is 24.3 Å². The number of carbonyl (C=O) groups is 1. The van der Waals surface area contributed by atoms with Crippen LogP contribution in [-0.2, 0) is 13.6 Å². The molecule has 0 radical (unpaired) electrons. The SMILES string of the molecule is C[n+]1ccn(Cc2ccc(C(=O)Oc3ccc([N+](=O)[O-])cc3)cc2)c1. The maximum atomic E-state index is 12.1. The predicted molar refractivity (Wildman–Crippen MR) is 89.2 cm³/mol. The van der Waals surface area contributed by atoms with Crippen LogP contribution in [0.1, 0.15) is 15.9 Å². The van der Waals surface area contributed by atoms with Gasteiger partial charge in [0.15, 0.2) is 0 Å². The summed E-state index contributed by atoms with van der Waals surface area (Å²) in [6.45, 7) is 0.707. The fraction of sp³-hybridized carbons (Fsp3) is 0.111. The normalized spacial score (nSPS) is 10.4. The number of rotatable bonds is 5. The molecule has 0 spiro atoms. The maximum absolute atomic E-state index is 12.1. The average Bonchev–Trinajstić information content (AvgIpc) is 3.01. The van der Waals surface area contributed by atoms with Crippen LogP contribution in [0.3, 0.4) is 0 Å². The van der Waals surface area contributed by atoms with Crippen molar-refractivity contribution in [2.45, 2.75) is 6.54 Å². The van der Waals surface area contributed by atoms with Crippen LogP contribution in [0.4, 0.5) is 5.69 Å². The minimum Gasteiger partial charge on any atom is -0.423 e. The topological polar surface area (TPSA) is 78.2 Å². The van der Waals surface area contributed by atoms with E-state index in [0.717, 1.165) is 5.56 Å². The number of imidazole rings is 1. The van der Waals surface area contributed by atoms with Crippen LogP contribution in [0.15, 0.2) is 67.3 Å². The second-order valence-corrected chi connectivity index (χ2v) is 5.59. The summed E-state index contributed by atoms with van der Waals surface area (Å²) in [4.78, 5) is 22.3. The molecule has 3 rings (SSSR count). The van der Waals surface area contributed by atoms with Crippen molar-refractivity contribution in [1.29, 1.82) is 0 Å². The lowest BCUT2D eigenvalue weighted by molar-refractivity contribution is -0.671. The molecule has 0 amide bonds. The smallest absolute Gasteiger partial charge is 0.343 e. The molecule has 1 aromatic heterocycles. The molecule has 1 heterocycles. The zero-order valence-corrected chi connectivity index (χ0v) is 13.5. The third kappa shape index (κ3) is 4.08. The minimum absolute atomic E-state index is 0.0532. The van der Waals surface area contributed by atoms with Gasteiger partial charge in [-0.2, -0.15) is 0 Å². The lowest BCUT2D eigenvalue weighted by Gasteiger charge is -2.05. The van der Waals surface area contributed by atoms with Gasteiger partial charge < -0.3 is 4.74 Å². The minimum atomic E-state index is -0.507. The fourth-order valence-corrected chi connectivity index (χ4v) is 2.35. The van der Waals surface area contributed by atoms with Crippen LogP contribution in [0.5, 0.6) is 5.75 Å². The molecule has 0 N–H and O–H groups in total. The number of nitrogens with zero attached hydrogens (tertiary/aromatic N) is 3. The quantitative estimate of drug-likeness (QED) is 0.235. The van der Waals surface area contributed by atoms with Crippen molar-refractivity contribution in [1.82, 2.24) is 4.57 Å². The van der Waals surface area contributed by atoms with E-state index < -0.39 is 10.9 Å². The molecule has 0 saturated heterocycles. The fourth-order valence-electron chi connectivity index (χ4n) is 2.35. The first kappa shape index (κ1) is 16.4. The number of nitro groups is 1. The molecule has 0 aliphatic carbocycles. The summed E-state index contributed by atoms with van der Waals surface area (Å²) in [5.74, 6) is -0.243. The number of esters is 1. The Bertz CT molecular complexity index is 899. The Morgan fingerprint density at radius 2 is 1.84 bits per heavy atom. The number of hydrogen-bond donors (Lipinski definition) is 0. The van der Waals surface area contributed by atoms with Crippen molar-refractivity contribution in [3.8, 4) is 5.75 Å². The van der Waals surface area contributed by atoms with Gasteiger partial charge in [-0.25, -0.2) is 13.9 Å². The van der Waals surface area contributed by atoms with Gasteiger partial charge in [-0.3, -0.25) is 10.1 Å². The van der Waals surface area contributed by atoms with E-state index in [4.69, 9.17) is 4.74 Å². The van der Waals surface area contributed by atoms with Gasteiger partial charge in [-0.15, -0.1) is 0 Å². The average molecular weight is 338 g/mol. The molecule has 0 fully saturated rings.